The summed E-state index contributed by atoms with van der Waals surface area (Å²) in [7, 11) is 7.47. The van der Waals surface area contributed by atoms with Crippen molar-refractivity contribution in [3.63, 3.8) is 0 Å². The van der Waals surface area contributed by atoms with E-state index in [1.807, 2.05) is 80.6 Å². The van der Waals surface area contributed by atoms with Gasteiger partial charge in [0, 0.05) is 66.5 Å². The molecule has 0 spiro atoms. The number of anilines is 1. The van der Waals surface area contributed by atoms with Gasteiger partial charge in [-0.15, -0.1) is 0 Å². The number of alkyl carbamates (subject to hydrolysis) is 1. The fourth-order valence-corrected chi connectivity index (χ4v) is 16.4. The normalized spacial score (nSPS) is 16.6. The molecular formula is C93H139N13O19. The maximum absolute atomic E-state index is 15.1. The number of hydrogen-bond donors (Lipinski definition) is 10. The Balaban J connectivity index is 1.07. The first kappa shape index (κ1) is 103. The molecule has 15 atom stereocenters. The van der Waals surface area contributed by atoms with Crippen LogP contribution in [0.4, 0.5) is 20.1 Å². The number of ether oxygens (including phenoxy) is 5. The van der Waals surface area contributed by atoms with Crippen molar-refractivity contribution < 1.29 is 91.1 Å². The van der Waals surface area contributed by atoms with Gasteiger partial charge < -0.3 is 91.8 Å². The van der Waals surface area contributed by atoms with Gasteiger partial charge in [-0.1, -0.05) is 187 Å². The van der Waals surface area contributed by atoms with Crippen molar-refractivity contribution in [2.75, 3.05) is 60.4 Å². The molecule has 4 aromatic rings. The van der Waals surface area contributed by atoms with E-state index >= 15 is 4.79 Å². The Morgan fingerprint density at radius 1 is 0.568 bits per heavy atom. The number of likely N-dealkylation sites (N-methyl/N-ethyl adjacent to an activating group) is 3. The number of rotatable bonds is 45. The number of aliphatic hydroxyl groups is 1. The second-order valence-electron chi connectivity index (χ2n) is 35.8. The molecule has 1 aliphatic heterocycles. The van der Waals surface area contributed by atoms with E-state index in [0.29, 0.717) is 36.9 Å². The fraction of sp³-hybridized carbons (Fsp3) is 0.602. The lowest BCUT2D eigenvalue weighted by Crippen LogP contribution is -2.62. The molecular weight excluding hydrogens is 1600 g/mol. The van der Waals surface area contributed by atoms with Gasteiger partial charge in [0.1, 0.15) is 61.1 Å². The number of aliphatic hydroxyl groups excluding tert-OH is 1. The summed E-state index contributed by atoms with van der Waals surface area (Å²) in [5.74, 6) is -9.81. The Morgan fingerprint density at radius 3 is 1.62 bits per heavy atom. The number of carbonyl (C=O) groups excluding carboxylic acids is 13. The largest absolute Gasteiger partial charge is 0.460 e. The summed E-state index contributed by atoms with van der Waals surface area (Å²) in [6.07, 6.45) is -3.01. The van der Waals surface area contributed by atoms with Gasteiger partial charge in [-0.3, -0.25) is 52.8 Å². The van der Waals surface area contributed by atoms with Gasteiger partial charge in [0.25, 0.3) is 0 Å². The third-order valence-electron chi connectivity index (χ3n) is 23.4. The van der Waals surface area contributed by atoms with Crippen LogP contribution >= 0.6 is 0 Å². The quantitative estimate of drug-likeness (QED) is 0.0112. The lowest BCUT2D eigenvalue weighted by molar-refractivity contribution is -0.155. The van der Waals surface area contributed by atoms with Crippen molar-refractivity contribution in [1.29, 1.82) is 0 Å². The Labute approximate surface area is 737 Å². The summed E-state index contributed by atoms with van der Waals surface area (Å²) >= 11 is 0. The predicted octanol–water partition coefficient (Wildman–Crippen LogP) is 9.24. The molecule has 13 amide bonds. The van der Waals surface area contributed by atoms with Crippen LogP contribution in [0, 0.1) is 41.4 Å². The van der Waals surface area contributed by atoms with Crippen molar-refractivity contribution >= 4 is 83.0 Å². The van der Waals surface area contributed by atoms with Crippen molar-refractivity contribution in [2.45, 2.75) is 266 Å². The highest BCUT2D eigenvalue weighted by molar-refractivity contribution is 6.00. The summed E-state index contributed by atoms with van der Waals surface area (Å²) < 4.78 is 29.2. The number of nitrogens with one attached hydrogen (secondary N) is 8. The Hall–Kier alpha value is -10.7. The van der Waals surface area contributed by atoms with Crippen LogP contribution in [-0.2, 0) is 78.2 Å². The first-order chi connectivity index (χ1) is 58.9. The number of fused-ring (bicyclic) bond motifs is 3. The number of benzene rings is 4. The number of esters is 1. The first-order valence-corrected chi connectivity index (χ1v) is 43.7. The molecule has 32 nitrogen and oxygen atoms in total. The zero-order valence-electron chi connectivity index (χ0n) is 77.1. The van der Waals surface area contributed by atoms with Crippen LogP contribution in [0.3, 0.4) is 0 Å². The zero-order valence-corrected chi connectivity index (χ0v) is 77.1. The first-order valence-electron chi connectivity index (χ1n) is 43.7. The van der Waals surface area contributed by atoms with E-state index in [1.54, 1.807) is 140 Å². The van der Waals surface area contributed by atoms with Crippen LogP contribution in [-0.4, -0.2) is 235 Å². The van der Waals surface area contributed by atoms with Crippen LogP contribution in [0.5, 0.6) is 0 Å². The predicted molar refractivity (Wildman–Crippen MR) is 474 cm³/mol. The number of nitrogens with two attached hydrogens (primary N) is 1. The van der Waals surface area contributed by atoms with E-state index in [-0.39, 0.29) is 81.2 Å². The minimum absolute atomic E-state index is 0.0251. The second-order valence-corrected chi connectivity index (χ2v) is 35.8. The summed E-state index contributed by atoms with van der Waals surface area (Å²) in [6, 6.07) is 19.6. The number of primary amides is 1. The van der Waals surface area contributed by atoms with E-state index in [1.165, 1.54) is 50.2 Å². The second kappa shape index (κ2) is 48.1. The molecule has 690 valence electrons. The molecule has 125 heavy (non-hydrogen) atoms. The van der Waals surface area contributed by atoms with Crippen LogP contribution in [0.15, 0.2) is 103 Å². The van der Waals surface area contributed by atoms with Gasteiger partial charge in [-0.25, -0.2) is 14.4 Å². The Bertz CT molecular complexity index is 4250. The van der Waals surface area contributed by atoms with Gasteiger partial charge in [-0.2, -0.15) is 0 Å². The molecule has 2 aliphatic rings. The maximum atomic E-state index is 15.1. The van der Waals surface area contributed by atoms with Crippen molar-refractivity contribution in [2.24, 2.45) is 47.2 Å². The molecule has 32 heteroatoms. The van der Waals surface area contributed by atoms with Crippen LogP contribution < -0.4 is 48.3 Å². The highest BCUT2D eigenvalue weighted by atomic mass is 16.6. The smallest absolute Gasteiger partial charge is 0.410 e. The molecule has 0 saturated carbocycles. The monoisotopic (exact) mass is 1740 g/mol. The molecule has 1 saturated heterocycles. The standard InChI is InChI=1S/C93H139N13O19/c1-23-57(12)79(71(121-21)49-72(107)106-48-32-40-70(106)81(122-22)58(13)82(110)96-59(14)80(109)61-33-25-24-26-34-61)104(19)89(117)76(54(6)7)101-86(114)77(55(8)9)103(18)88(116)75(53(4)5)102-87(115)78(56(10)11)105(20)92(120)124-50-60-41-43-62(44-42-60)97-83(111)68(39-31-47-95-90(94)118)98-85(113)74(52(2)3)100-84(112)69(45-46-73(108)125-93(15,16)17)99-91(119)123-51-67-65-37-29-27-35-63(65)64-36-28-30-38-66(64)67/h24-30,33-38,41-44,52-59,67-71,74-81,109H,23,31-32,39-40,45-51H2,1-22H3,(H,96,110)(H,97,111)(H,98,113)(H,99,119)(H,100,112)(H,101,114)(H,102,115)(H3,94,95,118)/t57-,58+,59+,68-,69-,70-,71+,74-,75?,76-,77-,78-,79-,80+,81+/m0/s1. The highest BCUT2D eigenvalue weighted by Gasteiger charge is 2.46. The van der Waals surface area contributed by atoms with Gasteiger partial charge >= 0.3 is 24.2 Å². The van der Waals surface area contributed by atoms with Crippen molar-refractivity contribution in [1.82, 2.24) is 56.8 Å². The summed E-state index contributed by atoms with van der Waals surface area (Å²) in [6.45, 7) is 29.9. The van der Waals surface area contributed by atoms with Crippen molar-refractivity contribution in [3.05, 3.63) is 125 Å². The number of likely N-dealkylation sites (tertiary alicyclic amines) is 1. The third kappa shape index (κ3) is 28.9. The molecule has 11 N–H and O–H groups in total. The maximum Gasteiger partial charge on any atom is 0.410 e. The summed E-state index contributed by atoms with van der Waals surface area (Å²) in [5.41, 5.74) is 9.81. The number of methoxy groups -OCH3 is 2. The molecule has 0 bridgehead atoms. The lowest BCUT2D eigenvalue weighted by atomic mass is 9.89. The topological polar surface area (TPSA) is 424 Å². The SMILES string of the molecule is CC[C@H](C)[C@@H]([C@@H](CC(=O)N1CCC[C@H]1[C@H](OC)[C@@H](C)C(=O)N[C@H](C)[C@@H](O)c1ccccc1)OC)N(C)C(=O)[C@@H](NC(=O)[C@H](C(C)C)N(C)C(=O)C(NC(=O)[C@H](C(C)C)N(C)C(=O)OCc1ccc(NC(=O)[C@H](CCCNC(N)=O)NC(=O)[C@@H](NC(=O)[C@H](CCC(=O)OC(C)(C)C)NC(=O)OCC2c3ccccc3-c3ccccc32)C(C)C)cc1)C(C)C)C(C)C. The molecule has 6 rings (SSSR count). The lowest BCUT2D eigenvalue weighted by Gasteiger charge is -2.41. The molecule has 4 aromatic carbocycles. The minimum atomic E-state index is -1.40. The zero-order chi connectivity index (χ0) is 93.2. The van der Waals surface area contributed by atoms with E-state index < -0.39 is 185 Å². The average molecular weight is 1740 g/mol. The van der Waals surface area contributed by atoms with Gasteiger partial charge in [0.2, 0.25) is 53.2 Å². The average Bonchev–Trinajstić information content (AvgIpc) is 1.61. The molecule has 0 aromatic heterocycles. The molecule has 1 aliphatic carbocycles. The number of urea groups is 1. The summed E-state index contributed by atoms with van der Waals surface area (Å²) in [4.78, 5) is 189. The van der Waals surface area contributed by atoms with Gasteiger partial charge in [-0.05, 0) is 141 Å². The van der Waals surface area contributed by atoms with Crippen LogP contribution in [0.1, 0.15) is 203 Å². The van der Waals surface area contributed by atoms with Gasteiger partial charge in [0.15, 0.2) is 0 Å². The van der Waals surface area contributed by atoms with E-state index in [4.69, 9.17) is 29.4 Å². The third-order valence-corrected chi connectivity index (χ3v) is 23.4. The molecule has 1 heterocycles. The van der Waals surface area contributed by atoms with Crippen LogP contribution in [0.2, 0.25) is 0 Å². The highest BCUT2D eigenvalue weighted by Crippen LogP contribution is 2.45. The van der Waals surface area contributed by atoms with E-state index in [0.717, 1.165) is 27.2 Å². The number of carbonyl (C=O) groups is 13. The Morgan fingerprint density at radius 2 is 1.10 bits per heavy atom. The number of nitrogens with zero attached hydrogens (tertiary/aromatic N) is 4. The number of hydrogen-bond acceptors (Lipinski definition) is 19. The van der Waals surface area contributed by atoms with E-state index in [2.05, 4.69) is 42.5 Å². The van der Waals surface area contributed by atoms with Crippen molar-refractivity contribution in [3.8, 4) is 11.1 Å². The molecule has 1 unspecified atom stereocenters. The minimum Gasteiger partial charge on any atom is -0.460 e. The number of amides is 13. The van der Waals surface area contributed by atoms with Crippen LogP contribution in [0.25, 0.3) is 11.1 Å². The molecule has 0 radical (unpaired) electrons. The molecule has 1 fully saturated rings. The van der Waals surface area contributed by atoms with Gasteiger partial charge in [0.05, 0.1) is 48.8 Å². The fourth-order valence-electron chi connectivity index (χ4n) is 16.4. The summed E-state index contributed by atoms with van der Waals surface area (Å²) in [5, 5.41) is 33.2. The Kier molecular flexibility index (Phi) is 39.7. The van der Waals surface area contributed by atoms with E-state index in [9.17, 15) is 62.6 Å².